The number of rotatable bonds is 2. The van der Waals surface area contributed by atoms with E-state index in [0.717, 1.165) is 0 Å². The van der Waals surface area contributed by atoms with Gasteiger partial charge in [0, 0.05) is 17.1 Å². The van der Waals surface area contributed by atoms with E-state index in [0.29, 0.717) is 4.96 Å². The fraction of sp³-hybridized carbons (Fsp3) is 0. The van der Waals surface area contributed by atoms with E-state index in [-0.39, 0.29) is 16.8 Å². The van der Waals surface area contributed by atoms with Gasteiger partial charge in [0.1, 0.15) is 11.5 Å². The van der Waals surface area contributed by atoms with Gasteiger partial charge in [-0.2, -0.15) is 0 Å². The number of halogens is 1. The Hall–Kier alpha value is -2.54. The third kappa shape index (κ3) is 2.19. The van der Waals surface area contributed by atoms with Crippen LogP contribution in [0.15, 0.2) is 46.8 Å². The average Bonchev–Trinajstić information content (AvgIpc) is 2.92. The van der Waals surface area contributed by atoms with Gasteiger partial charge in [-0.25, -0.2) is 9.37 Å². The van der Waals surface area contributed by atoms with E-state index < -0.39 is 11.7 Å². The van der Waals surface area contributed by atoms with Gasteiger partial charge in [0.05, 0.1) is 6.20 Å². The zero-order valence-electron chi connectivity index (χ0n) is 10.0. The minimum atomic E-state index is -0.487. The van der Waals surface area contributed by atoms with Crippen LogP contribution in [-0.2, 0) is 0 Å². The van der Waals surface area contributed by atoms with Crippen LogP contribution in [0.2, 0.25) is 0 Å². The molecule has 7 heteroatoms. The Morgan fingerprint density at radius 2 is 2.05 bits per heavy atom. The van der Waals surface area contributed by atoms with E-state index in [9.17, 15) is 14.0 Å². The summed E-state index contributed by atoms with van der Waals surface area (Å²) in [5.41, 5.74) is -0.0110. The molecular weight excluding hydrogens is 281 g/mol. The largest absolute Gasteiger partial charge is 0.316 e. The smallest absolute Gasteiger partial charge is 0.282 e. The molecule has 0 spiro atoms. The molecule has 0 saturated heterocycles. The molecular formula is C13H8FN3O2S. The normalized spacial score (nSPS) is 10.7. The highest BCUT2D eigenvalue weighted by Crippen LogP contribution is 2.09. The third-order valence-electron chi connectivity index (χ3n) is 2.70. The van der Waals surface area contributed by atoms with Gasteiger partial charge < -0.3 is 5.32 Å². The molecule has 3 rings (SSSR count). The molecule has 0 atom stereocenters. The summed E-state index contributed by atoms with van der Waals surface area (Å²) >= 11 is 1.32. The Morgan fingerprint density at radius 3 is 2.80 bits per heavy atom. The molecule has 0 unspecified atom stereocenters. The van der Waals surface area contributed by atoms with Crippen molar-refractivity contribution in [2.24, 2.45) is 0 Å². The van der Waals surface area contributed by atoms with Crippen molar-refractivity contribution in [2.75, 3.05) is 5.32 Å². The van der Waals surface area contributed by atoms with Gasteiger partial charge in [0.2, 0.25) is 0 Å². The summed E-state index contributed by atoms with van der Waals surface area (Å²) in [4.78, 5) is 28.6. The molecule has 1 N–H and O–H groups in total. The number of aromatic nitrogens is 2. The molecule has 2 heterocycles. The van der Waals surface area contributed by atoms with E-state index in [2.05, 4.69) is 10.3 Å². The van der Waals surface area contributed by atoms with Crippen molar-refractivity contribution < 1.29 is 9.18 Å². The van der Waals surface area contributed by atoms with Gasteiger partial charge in [-0.3, -0.25) is 14.0 Å². The van der Waals surface area contributed by atoms with Crippen LogP contribution in [0.1, 0.15) is 10.4 Å². The number of nitrogens with one attached hydrogen (secondary N) is 1. The first-order valence-corrected chi connectivity index (χ1v) is 6.55. The van der Waals surface area contributed by atoms with Crippen molar-refractivity contribution in [1.82, 2.24) is 9.38 Å². The van der Waals surface area contributed by atoms with Gasteiger partial charge in [-0.1, -0.05) is 0 Å². The number of hydrogen-bond donors (Lipinski definition) is 1. The average molecular weight is 289 g/mol. The highest BCUT2D eigenvalue weighted by Gasteiger charge is 2.11. The third-order valence-corrected chi connectivity index (χ3v) is 3.47. The van der Waals surface area contributed by atoms with Crippen molar-refractivity contribution >= 4 is 27.9 Å². The number of hydrogen-bond acceptors (Lipinski definition) is 4. The predicted octanol–water partition coefficient (Wildman–Crippen LogP) is 2.15. The zero-order chi connectivity index (χ0) is 14.1. The Morgan fingerprint density at radius 1 is 1.30 bits per heavy atom. The SMILES string of the molecule is O=C(Nc1cnc2sccn2c1=O)c1ccc(F)cc1. The lowest BCUT2D eigenvalue weighted by Crippen LogP contribution is -2.22. The van der Waals surface area contributed by atoms with Crippen molar-refractivity contribution in [3.8, 4) is 0 Å². The number of fused-ring (bicyclic) bond motifs is 1. The molecule has 0 bridgehead atoms. The summed E-state index contributed by atoms with van der Waals surface area (Å²) < 4.78 is 14.1. The second-order valence-electron chi connectivity index (χ2n) is 3.99. The van der Waals surface area contributed by atoms with Gasteiger partial charge >= 0.3 is 0 Å². The zero-order valence-corrected chi connectivity index (χ0v) is 10.9. The minimum absolute atomic E-state index is 0.0789. The number of carbonyl (C=O) groups is 1. The molecule has 1 aromatic carbocycles. The lowest BCUT2D eigenvalue weighted by atomic mass is 10.2. The van der Waals surface area contributed by atoms with Crippen LogP contribution in [0, 0.1) is 5.82 Å². The first kappa shape index (κ1) is 12.5. The number of amides is 1. The number of carbonyl (C=O) groups excluding carboxylic acids is 1. The lowest BCUT2D eigenvalue weighted by Gasteiger charge is -2.04. The van der Waals surface area contributed by atoms with Crippen molar-refractivity contribution in [2.45, 2.75) is 0 Å². The predicted molar refractivity (Wildman–Crippen MR) is 73.7 cm³/mol. The monoisotopic (exact) mass is 289 g/mol. The first-order chi connectivity index (χ1) is 9.65. The van der Waals surface area contributed by atoms with E-state index in [1.54, 1.807) is 11.6 Å². The Labute approximate surface area is 116 Å². The number of nitrogens with zero attached hydrogens (tertiary/aromatic N) is 2. The summed E-state index contributed by atoms with van der Waals surface area (Å²) in [7, 11) is 0. The number of anilines is 1. The van der Waals surface area contributed by atoms with Crippen LogP contribution in [0.3, 0.4) is 0 Å². The molecule has 20 heavy (non-hydrogen) atoms. The van der Waals surface area contributed by atoms with E-state index in [1.807, 2.05) is 0 Å². The van der Waals surface area contributed by atoms with Gasteiger partial charge in [-0.15, -0.1) is 11.3 Å². The molecule has 3 aromatic rings. The number of thiazole rings is 1. The summed E-state index contributed by atoms with van der Waals surface area (Å²) in [6.45, 7) is 0. The lowest BCUT2D eigenvalue weighted by molar-refractivity contribution is 0.102. The quantitative estimate of drug-likeness (QED) is 0.786. The van der Waals surface area contributed by atoms with Crippen LogP contribution in [-0.4, -0.2) is 15.3 Å². The minimum Gasteiger partial charge on any atom is -0.316 e. The van der Waals surface area contributed by atoms with Crippen molar-refractivity contribution in [3.05, 3.63) is 63.8 Å². The maximum absolute atomic E-state index is 12.8. The topological polar surface area (TPSA) is 63.5 Å². The maximum atomic E-state index is 12.8. The second kappa shape index (κ2) is 4.86. The molecule has 2 aromatic heterocycles. The van der Waals surface area contributed by atoms with E-state index in [1.165, 1.54) is 46.2 Å². The first-order valence-electron chi connectivity index (χ1n) is 5.67. The molecule has 100 valence electrons. The molecule has 5 nitrogen and oxygen atoms in total. The Kier molecular flexibility index (Phi) is 3.03. The van der Waals surface area contributed by atoms with Gasteiger partial charge in [0.25, 0.3) is 11.5 Å². The molecule has 0 radical (unpaired) electrons. The highest BCUT2D eigenvalue weighted by molar-refractivity contribution is 7.15. The molecule has 1 amide bonds. The van der Waals surface area contributed by atoms with Crippen molar-refractivity contribution in [3.63, 3.8) is 0 Å². The summed E-state index contributed by atoms with van der Waals surface area (Å²) in [6.07, 6.45) is 2.90. The summed E-state index contributed by atoms with van der Waals surface area (Å²) in [6, 6.07) is 5.06. The molecule has 0 saturated carbocycles. The fourth-order valence-electron chi connectivity index (χ4n) is 1.71. The summed E-state index contributed by atoms with van der Waals surface area (Å²) in [5, 5.41) is 4.21. The molecule has 0 aliphatic carbocycles. The highest BCUT2D eigenvalue weighted by atomic mass is 32.1. The van der Waals surface area contributed by atoms with Crippen LogP contribution in [0.25, 0.3) is 4.96 Å². The van der Waals surface area contributed by atoms with Crippen molar-refractivity contribution in [1.29, 1.82) is 0 Å². The maximum Gasteiger partial charge on any atom is 0.282 e. The second-order valence-corrected chi connectivity index (χ2v) is 4.87. The standard InChI is InChI=1S/C13H8FN3O2S/c14-9-3-1-8(2-4-9)11(18)16-10-7-15-13-17(12(10)19)5-6-20-13/h1-7H,(H,16,18). The molecule has 0 aliphatic rings. The van der Waals surface area contributed by atoms with Gasteiger partial charge in [-0.05, 0) is 24.3 Å². The van der Waals surface area contributed by atoms with Gasteiger partial charge in [0.15, 0.2) is 4.96 Å². The summed E-state index contributed by atoms with van der Waals surface area (Å²) in [5.74, 6) is -0.915. The molecule has 0 aliphatic heterocycles. The van der Waals surface area contributed by atoms with Crippen LogP contribution < -0.4 is 10.9 Å². The number of benzene rings is 1. The van der Waals surface area contributed by atoms with Crippen LogP contribution >= 0.6 is 11.3 Å². The Bertz CT molecular complexity index is 839. The van der Waals surface area contributed by atoms with E-state index in [4.69, 9.17) is 0 Å². The van der Waals surface area contributed by atoms with Crippen LogP contribution in [0.4, 0.5) is 10.1 Å². The molecule has 0 fully saturated rings. The van der Waals surface area contributed by atoms with Crippen LogP contribution in [0.5, 0.6) is 0 Å². The fourth-order valence-corrected chi connectivity index (χ4v) is 2.38. The Balaban J connectivity index is 1.93. The van der Waals surface area contributed by atoms with E-state index >= 15 is 0 Å².